The van der Waals surface area contributed by atoms with Gasteiger partial charge < -0.3 is 29.1 Å². The number of fused-ring (bicyclic) bond motifs is 2. The summed E-state index contributed by atoms with van der Waals surface area (Å²) in [5, 5.41) is 0. The summed E-state index contributed by atoms with van der Waals surface area (Å²) < 4.78 is 10.9. The van der Waals surface area contributed by atoms with Gasteiger partial charge in [0.15, 0.2) is 5.60 Å². The Morgan fingerprint density at radius 1 is 0.884 bits per heavy atom. The van der Waals surface area contributed by atoms with Gasteiger partial charge in [0.05, 0.1) is 30.7 Å². The number of hydrogen-bond donors (Lipinski definition) is 0. The van der Waals surface area contributed by atoms with Gasteiger partial charge >= 0.3 is 5.97 Å². The minimum Gasteiger partial charge on any atom is -0.449 e. The van der Waals surface area contributed by atoms with Gasteiger partial charge in [0, 0.05) is 69.9 Å². The molecule has 1 atom stereocenters. The molecule has 5 fully saturated rings. The molecule has 5 heterocycles. The number of carbonyl (C=O) groups excluding carboxylic acids is 3. The van der Waals surface area contributed by atoms with E-state index in [1.54, 1.807) is 6.07 Å². The normalized spacial score (nSPS) is 26.1. The summed E-state index contributed by atoms with van der Waals surface area (Å²) in [5.74, 6) is 1.30. The number of rotatable bonds is 4. The maximum Gasteiger partial charge on any atom is 0.339 e. The first-order chi connectivity index (χ1) is 20.9. The quantitative estimate of drug-likeness (QED) is 0.504. The lowest BCUT2D eigenvalue weighted by Crippen LogP contribution is -2.49. The highest BCUT2D eigenvalue weighted by molar-refractivity contribution is 5.96. The van der Waals surface area contributed by atoms with Crippen molar-refractivity contribution in [3.8, 4) is 0 Å². The predicted molar refractivity (Wildman–Crippen MR) is 160 cm³/mol. The first kappa shape index (κ1) is 28.3. The van der Waals surface area contributed by atoms with Crippen LogP contribution in [0.1, 0.15) is 53.6 Å². The molecule has 0 N–H and O–H groups in total. The third-order valence-corrected chi connectivity index (χ3v) is 9.98. The fraction of sp³-hybridized carbons (Fsp3) is 0.576. The van der Waals surface area contributed by atoms with Gasteiger partial charge in [0.1, 0.15) is 5.82 Å². The van der Waals surface area contributed by atoms with Crippen molar-refractivity contribution in [2.45, 2.75) is 43.1 Å². The summed E-state index contributed by atoms with van der Waals surface area (Å²) in [6.07, 6.45) is 6.20. The lowest BCUT2D eigenvalue weighted by atomic mass is 9.91. The van der Waals surface area contributed by atoms with Crippen LogP contribution in [0.2, 0.25) is 0 Å². The summed E-state index contributed by atoms with van der Waals surface area (Å²) in [6, 6.07) is 11.6. The van der Waals surface area contributed by atoms with Crippen molar-refractivity contribution in [2.24, 2.45) is 5.92 Å². The number of carbonyl (C=O) groups is 3. The van der Waals surface area contributed by atoms with E-state index in [-0.39, 0.29) is 17.8 Å². The molecule has 0 radical (unpaired) electrons. The van der Waals surface area contributed by atoms with E-state index >= 15 is 0 Å². The fourth-order valence-corrected chi connectivity index (χ4v) is 6.91. The summed E-state index contributed by atoms with van der Waals surface area (Å²) >= 11 is 0. The molecule has 2 saturated carbocycles. The fourth-order valence-electron chi connectivity index (χ4n) is 6.91. The number of pyridine rings is 1. The number of anilines is 1. The minimum atomic E-state index is -0.718. The number of likely N-dealkylation sites (tertiary alicyclic amines) is 1. The topological polar surface area (TPSA) is 95.5 Å². The van der Waals surface area contributed by atoms with Gasteiger partial charge in [0.2, 0.25) is 11.8 Å². The van der Waals surface area contributed by atoms with Gasteiger partial charge in [-0.25, -0.2) is 9.78 Å². The van der Waals surface area contributed by atoms with Crippen LogP contribution in [0.25, 0.3) is 0 Å². The number of amides is 2. The van der Waals surface area contributed by atoms with Gasteiger partial charge in [-0.15, -0.1) is 0 Å². The molecule has 8 rings (SSSR count). The second-order valence-corrected chi connectivity index (χ2v) is 12.9. The average molecular weight is 588 g/mol. The van der Waals surface area contributed by atoms with Crippen LogP contribution in [0.3, 0.4) is 0 Å². The molecule has 6 aliphatic rings. The Labute approximate surface area is 252 Å². The van der Waals surface area contributed by atoms with Crippen LogP contribution < -0.4 is 4.90 Å². The van der Waals surface area contributed by atoms with Crippen molar-refractivity contribution < 1.29 is 23.9 Å². The van der Waals surface area contributed by atoms with Crippen molar-refractivity contribution >= 4 is 23.6 Å². The van der Waals surface area contributed by atoms with Crippen LogP contribution in [0.5, 0.6) is 0 Å². The highest BCUT2D eigenvalue weighted by Gasteiger charge is 2.58. The lowest BCUT2D eigenvalue weighted by molar-refractivity contribution is -0.134. The van der Waals surface area contributed by atoms with E-state index < -0.39 is 11.0 Å². The van der Waals surface area contributed by atoms with Crippen LogP contribution in [-0.2, 0) is 30.1 Å². The van der Waals surface area contributed by atoms with E-state index in [0.717, 1.165) is 95.1 Å². The zero-order chi connectivity index (χ0) is 29.6. The Balaban J connectivity index is 0.000000379. The first-order valence-corrected chi connectivity index (χ1v) is 15.8. The minimum absolute atomic E-state index is 0.113. The zero-order valence-corrected chi connectivity index (χ0v) is 25.0. The average Bonchev–Trinajstić information content (AvgIpc) is 3.98. The number of piperazine rings is 1. The summed E-state index contributed by atoms with van der Waals surface area (Å²) in [5.41, 5.74) is 1.24. The summed E-state index contributed by atoms with van der Waals surface area (Å²) in [7, 11) is 2.11. The molecule has 43 heavy (non-hydrogen) atoms. The van der Waals surface area contributed by atoms with E-state index in [9.17, 15) is 14.4 Å². The number of ether oxygens (including phenoxy) is 2. The van der Waals surface area contributed by atoms with Gasteiger partial charge in [-0.1, -0.05) is 24.3 Å². The zero-order valence-electron chi connectivity index (χ0n) is 25.0. The molecular formula is C33H41N5O5. The Morgan fingerprint density at radius 2 is 1.63 bits per heavy atom. The van der Waals surface area contributed by atoms with Crippen LogP contribution in [-0.4, -0.2) is 110 Å². The molecule has 228 valence electrons. The number of hydrogen-bond acceptors (Lipinski definition) is 8. The number of esters is 1. The summed E-state index contributed by atoms with van der Waals surface area (Å²) in [4.78, 5) is 51.6. The van der Waals surface area contributed by atoms with Gasteiger partial charge in [-0.3, -0.25) is 9.59 Å². The second kappa shape index (κ2) is 11.2. The highest BCUT2D eigenvalue weighted by Crippen LogP contribution is 2.52. The van der Waals surface area contributed by atoms with Crippen LogP contribution in [0.15, 0.2) is 42.6 Å². The second-order valence-electron chi connectivity index (χ2n) is 12.9. The molecule has 0 bridgehead atoms. The predicted octanol–water partition coefficient (Wildman–Crippen LogP) is 2.42. The van der Waals surface area contributed by atoms with Crippen molar-refractivity contribution in [1.82, 2.24) is 19.7 Å². The molecule has 1 spiro atoms. The Bertz CT molecular complexity index is 1380. The van der Waals surface area contributed by atoms with Crippen molar-refractivity contribution in [2.75, 3.05) is 77.5 Å². The van der Waals surface area contributed by atoms with E-state index in [4.69, 9.17) is 14.5 Å². The van der Waals surface area contributed by atoms with Crippen LogP contribution in [0.4, 0.5) is 5.82 Å². The van der Waals surface area contributed by atoms with E-state index in [1.807, 2.05) is 46.3 Å². The molecule has 1 aromatic heterocycles. The van der Waals surface area contributed by atoms with Gasteiger partial charge in [-0.2, -0.15) is 0 Å². The molecule has 2 aliphatic carbocycles. The molecule has 0 unspecified atom stereocenters. The third-order valence-electron chi connectivity index (χ3n) is 9.98. The Hall–Kier alpha value is -3.50. The van der Waals surface area contributed by atoms with Crippen molar-refractivity contribution in [3.05, 3.63) is 59.3 Å². The molecule has 2 aromatic rings. The van der Waals surface area contributed by atoms with Gasteiger partial charge in [-0.05, 0) is 50.4 Å². The van der Waals surface area contributed by atoms with E-state index in [0.29, 0.717) is 31.0 Å². The highest BCUT2D eigenvalue weighted by atomic mass is 16.6. The standard InChI is InChI=1S/C28H30N4O4.C5H11NO/c33-24(19-5-6-19)31-15-13-30(14-16-31)23-8-7-20(17-29-23)27(9-10-27)26(35)32-12-11-28(18-32)22-4-2-1-3-21(22)25(34)36-28;1-6-2-4-7-5-3-6/h1-4,7-8,17,19H,5-6,9-16,18H2;2-5H2,1H3/t28-;/m0./s1. The van der Waals surface area contributed by atoms with Crippen LogP contribution >= 0.6 is 0 Å². The SMILES string of the molecule is CN1CCOCC1.O=C1O[C@]2(CCN(C(=O)C3(c4ccc(N5CCN(C(=O)C6CC6)CC5)nc4)CC3)C2)c2ccccc21. The number of likely N-dealkylation sites (N-methyl/N-ethyl adjacent to an activating group) is 1. The summed E-state index contributed by atoms with van der Waals surface area (Å²) in [6.45, 7) is 8.06. The van der Waals surface area contributed by atoms with Crippen LogP contribution in [0, 0.1) is 5.92 Å². The molecule has 2 amide bonds. The number of benzene rings is 1. The van der Waals surface area contributed by atoms with E-state index in [2.05, 4.69) is 16.8 Å². The third kappa shape index (κ3) is 5.40. The number of morpholine rings is 1. The monoisotopic (exact) mass is 587 g/mol. The number of nitrogens with zero attached hydrogens (tertiary/aromatic N) is 5. The van der Waals surface area contributed by atoms with Gasteiger partial charge in [0.25, 0.3) is 0 Å². The molecule has 1 aromatic carbocycles. The molecular weight excluding hydrogens is 546 g/mol. The lowest BCUT2D eigenvalue weighted by Gasteiger charge is -2.35. The molecule has 4 aliphatic heterocycles. The van der Waals surface area contributed by atoms with Crippen molar-refractivity contribution in [1.29, 1.82) is 0 Å². The number of aromatic nitrogens is 1. The molecule has 3 saturated heterocycles. The maximum atomic E-state index is 13.7. The Morgan fingerprint density at radius 3 is 2.26 bits per heavy atom. The van der Waals surface area contributed by atoms with Crippen molar-refractivity contribution in [3.63, 3.8) is 0 Å². The maximum absolute atomic E-state index is 13.7. The first-order valence-electron chi connectivity index (χ1n) is 15.8. The largest absolute Gasteiger partial charge is 0.449 e. The smallest absolute Gasteiger partial charge is 0.339 e. The Kier molecular flexibility index (Phi) is 7.37. The van der Waals surface area contributed by atoms with E-state index in [1.165, 1.54) is 0 Å². The molecule has 10 nitrogen and oxygen atoms in total. The molecule has 10 heteroatoms.